The third kappa shape index (κ3) is 1.47. The molecule has 0 saturated carbocycles. The van der Waals surface area contributed by atoms with Crippen LogP contribution in [0.5, 0.6) is 0 Å². The lowest BCUT2D eigenvalue weighted by atomic mass is 10.2. The first-order valence-electron chi connectivity index (χ1n) is 5.21. The van der Waals surface area contributed by atoms with Gasteiger partial charge in [0.25, 0.3) is 0 Å². The van der Waals surface area contributed by atoms with Gasteiger partial charge in [-0.1, -0.05) is 24.3 Å². The molecular formula is C14H6S3. The van der Waals surface area contributed by atoms with Crippen molar-refractivity contribution in [1.82, 2.24) is 0 Å². The zero-order valence-corrected chi connectivity index (χ0v) is 11.1. The third-order valence-corrected chi connectivity index (χ3v) is 5.86. The van der Waals surface area contributed by atoms with Gasteiger partial charge >= 0.3 is 0 Å². The van der Waals surface area contributed by atoms with Crippen LogP contribution < -0.4 is 0 Å². The van der Waals surface area contributed by atoms with E-state index in [9.17, 15) is 0 Å². The summed E-state index contributed by atoms with van der Waals surface area (Å²) in [5.74, 6) is 0. The molecule has 0 saturated heterocycles. The van der Waals surface area contributed by atoms with Crippen molar-refractivity contribution in [2.45, 2.75) is 0 Å². The average Bonchev–Trinajstić information content (AvgIpc) is 3.01. The maximum atomic E-state index is 3.37. The quantitative estimate of drug-likeness (QED) is 0.432. The molecule has 3 heterocycles. The van der Waals surface area contributed by atoms with Gasteiger partial charge in [-0.15, -0.1) is 34.0 Å². The van der Waals surface area contributed by atoms with E-state index in [0.717, 1.165) is 0 Å². The number of fused-ring (bicyclic) bond motifs is 2. The lowest BCUT2D eigenvalue weighted by Gasteiger charge is -1.93. The molecule has 4 rings (SSSR count). The highest BCUT2D eigenvalue weighted by Gasteiger charge is 2.10. The molecule has 0 bridgehead atoms. The lowest BCUT2D eigenvalue weighted by molar-refractivity contribution is 1.84. The highest BCUT2D eigenvalue weighted by atomic mass is 32.1. The summed E-state index contributed by atoms with van der Waals surface area (Å²) >= 11 is 5.25. The molecule has 0 nitrogen and oxygen atoms in total. The molecular weight excluding hydrogens is 264 g/mol. The average molecular weight is 270 g/mol. The fourth-order valence-corrected chi connectivity index (χ4v) is 4.96. The van der Waals surface area contributed by atoms with E-state index in [1.807, 2.05) is 11.3 Å². The van der Waals surface area contributed by atoms with E-state index >= 15 is 0 Å². The molecule has 0 atom stereocenters. The molecule has 3 heteroatoms. The number of thiophene rings is 3. The minimum absolute atomic E-state index is 1.22. The Bertz CT molecular complexity index is 772. The van der Waals surface area contributed by atoms with Crippen LogP contribution in [0, 0.1) is 10.8 Å². The van der Waals surface area contributed by atoms with Gasteiger partial charge in [-0.05, 0) is 12.1 Å². The molecule has 17 heavy (non-hydrogen) atoms. The van der Waals surface area contributed by atoms with Gasteiger partial charge in [0.2, 0.25) is 0 Å². The topological polar surface area (TPSA) is 0 Å². The summed E-state index contributed by atoms with van der Waals surface area (Å²) in [7, 11) is 0. The van der Waals surface area contributed by atoms with Crippen LogP contribution in [-0.4, -0.2) is 0 Å². The van der Waals surface area contributed by atoms with Crippen molar-refractivity contribution in [2.24, 2.45) is 0 Å². The Balaban J connectivity index is 2.02. The van der Waals surface area contributed by atoms with Crippen LogP contribution in [0.3, 0.4) is 0 Å². The van der Waals surface area contributed by atoms with Crippen LogP contribution in [0.4, 0.5) is 0 Å². The maximum Gasteiger partial charge on any atom is 0.0534 e. The summed E-state index contributed by atoms with van der Waals surface area (Å²) in [6, 6.07) is 12.8. The van der Waals surface area contributed by atoms with E-state index in [2.05, 4.69) is 47.2 Å². The van der Waals surface area contributed by atoms with Gasteiger partial charge in [-0.2, -0.15) is 0 Å². The number of rotatable bonds is 1. The van der Waals surface area contributed by atoms with Gasteiger partial charge in [-0.3, -0.25) is 0 Å². The molecule has 2 radical (unpaired) electrons. The van der Waals surface area contributed by atoms with Crippen LogP contribution in [0.25, 0.3) is 29.9 Å². The van der Waals surface area contributed by atoms with Crippen LogP contribution in [0.15, 0.2) is 36.4 Å². The van der Waals surface area contributed by atoms with Gasteiger partial charge in [-0.25, -0.2) is 0 Å². The molecule has 0 N–H and O–H groups in total. The monoisotopic (exact) mass is 270 g/mol. The summed E-state index contributed by atoms with van der Waals surface area (Å²) in [4.78, 5) is 2.69. The van der Waals surface area contributed by atoms with Crippen molar-refractivity contribution in [3.05, 3.63) is 47.2 Å². The molecule has 0 fully saturated rings. The van der Waals surface area contributed by atoms with Gasteiger partial charge in [0.1, 0.15) is 0 Å². The van der Waals surface area contributed by atoms with E-state index < -0.39 is 0 Å². The van der Waals surface area contributed by atoms with Gasteiger partial charge in [0.05, 0.1) is 10.3 Å². The Morgan fingerprint density at radius 3 is 2.88 bits per heavy atom. The minimum Gasteiger partial charge on any atom is -0.133 e. The molecule has 0 amide bonds. The van der Waals surface area contributed by atoms with Crippen LogP contribution in [-0.2, 0) is 0 Å². The second-order valence-electron chi connectivity index (χ2n) is 3.78. The predicted octanol–water partition coefficient (Wildman–Crippen LogP) is 5.44. The zero-order valence-electron chi connectivity index (χ0n) is 8.69. The van der Waals surface area contributed by atoms with Crippen LogP contribution in [0.2, 0.25) is 0 Å². The second-order valence-corrected chi connectivity index (χ2v) is 6.56. The Morgan fingerprint density at radius 1 is 1.00 bits per heavy atom. The summed E-state index contributed by atoms with van der Waals surface area (Å²) < 4.78 is 2.67. The summed E-state index contributed by atoms with van der Waals surface area (Å²) in [5, 5.41) is 9.08. The van der Waals surface area contributed by atoms with Gasteiger partial charge in [0.15, 0.2) is 0 Å². The molecule has 80 valence electrons. The second kappa shape index (κ2) is 3.67. The fraction of sp³-hybridized carbons (Fsp3) is 0. The number of hydrogen-bond acceptors (Lipinski definition) is 3. The molecule has 4 aromatic rings. The fourth-order valence-electron chi connectivity index (χ4n) is 1.94. The highest BCUT2D eigenvalue weighted by molar-refractivity contribution is 7.30. The number of benzene rings is 1. The van der Waals surface area contributed by atoms with Crippen molar-refractivity contribution >= 4 is 54.2 Å². The van der Waals surface area contributed by atoms with E-state index in [1.54, 1.807) is 22.7 Å². The van der Waals surface area contributed by atoms with E-state index in [0.29, 0.717) is 0 Å². The van der Waals surface area contributed by atoms with Gasteiger partial charge in [0, 0.05) is 30.4 Å². The van der Waals surface area contributed by atoms with Gasteiger partial charge < -0.3 is 0 Å². The first-order valence-corrected chi connectivity index (χ1v) is 7.66. The summed E-state index contributed by atoms with van der Waals surface area (Å²) in [6.45, 7) is 0. The first-order chi connectivity index (χ1) is 8.42. The van der Waals surface area contributed by atoms with Crippen molar-refractivity contribution < 1.29 is 0 Å². The predicted molar refractivity (Wildman–Crippen MR) is 78.2 cm³/mol. The van der Waals surface area contributed by atoms with Crippen molar-refractivity contribution in [1.29, 1.82) is 0 Å². The molecule has 0 aliphatic rings. The standard InChI is InChI=1S/C14H6S3/c1-2-4-10-9(3-1)8-16-14(10)13-7-12-11(17-13)5-6-15-12/h1-5,7H. The SMILES string of the molecule is [c]1cc2sc(-c3s[c]c4ccccc34)cc2s1. The van der Waals surface area contributed by atoms with E-state index in [-0.39, 0.29) is 0 Å². The Kier molecular flexibility index (Phi) is 2.12. The first kappa shape index (κ1) is 9.83. The van der Waals surface area contributed by atoms with E-state index in [1.165, 1.54) is 29.9 Å². The highest BCUT2D eigenvalue weighted by Crippen LogP contribution is 2.41. The molecule has 0 aliphatic carbocycles. The summed E-state index contributed by atoms with van der Waals surface area (Å²) in [6.07, 6.45) is 0. The maximum absolute atomic E-state index is 3.37. The van der Waals surface area contributed by atoms with Crippen molar-refractivity contribution in [2.75, 3.05) is 0 Å². The minimum atomic E-state index is 1.22. The molecule has 1 aromatic carbocycles. The zero-order chi connectivity index (χ0) is 11.2. The molecule has 0 aliphatic heterocycles. The Labute approximate surface area is 111 Å². The third-order valence-electron chi connectivity index (χ3n) is 2.74. The van der Waals surface area contributed by atoms with E-state index in [4.69, 9.17) is 0 Å². The molecule has 0 spiro atoms. The van der Waals surface area contributed by atoms with Crippen molar-refractivity contribution in [3.63, 3.8) is 0 Å². The van der Waals surface area contributed by atoms with Crippen LogP contribution >= 0.6 is 34.0 Å². The van der Waals surface area contributed by atoms with Crippen molar-refractivity contribution in [3.8, 4) is 9.75 Å². The largest absolute Gasteiger partial charge is 0.133 e. The lowest BCUT2D eigenvalue weighted by Crippen LogP contribution is -1.66. The molecule has 3 aromatic heterocycles. The van der Waals surface area contributed by atoms with Crippen LogP contribution in [0.1, 0.15) is 0 Å². The molecule has 0 unspecified atom stereocenters. The Hall–Kier alpha value is -1.16. The summed E-state index contributed by atoms with van der Waals surface area (Å²) in [5.41, 5.74) is 0. The smallest absolute Gasteiger partial charge is 0.0534 e. The normalized spacial score (nSPS) is 11.5. The Morgan fingerprint density at radius 2 is 1.94 bits per heavy atom. The number of hydrogen-bond donors (Lipinski definition) is 0.